The Balaban J connectivity index is 1.85. The zero-order chi connectivity index (χ0) is 17.7. The molecule has 1 atom stereocenters. The van der Waals surface area contributed by atoms with Gasteiger partial charge < -0.3 is 10.1 Å². The van der Waals surface area contributed by atoms with Crippen LogP contribution in [-0.2, 0) is 19.6 Å². The largest absolute Gasteiger partial charge is 0.376 e. The summed E-state index contributed by atoms with van der Waals surface area (Å²) in [6.45, 7) is 6.80. The van der Waals surface area contributed by atoms with Crippen molar-refractivity contribution in [3.63, 3.8) is 0 Å². The number of amides is 1. The van der Waals surface area contributed by atoms with Crippen LogP contribution in [0, 0.1) is 20.8 Å². The van der Waals surface area contributed by atoms with E-state index in [0.29, 0.717) is 22.6 Å². The normalized spacial score (nSPS) is 17.9. The van der Waals surface area contributed by atoms with Gasteiger partial charge in [0, 0.05) is 26.1 Å². The molecule has 1 heterocycles. The molecule has 1 fully saturated rings. The summed E-state index contributed by atoms with van der Waals surface area (Å²) >= 11 is 0. The highest BCUT2D eigenvalue weighted by molar-refractivity contribution is 7.89. The number of sulfonamides is 1. The average Bonchev–Trinajstić information content (AvgIpc) is 2.96. The molecule has 1 aromatic rings. The maximum Gasteiger partial charge on any atom is 0.241 e. The summed E-state index contributed by atoms with van der Waals surface area (Å²) in [6, 6.07) is 3.69. The smallest absolute Gasteiger partial charge is 0.241 e. The Hall–Kier alpha value is -1.44. The van der Waals surface area contributed by atoms with Gasteiger partial charge in [0.15, 0.2) is 0 Å². The Morgan fingerprint density at radius 1 is 1.25 bits per heavy atom. The molecular weight excluding hydrogens is 328 g/mol. The van der Waals surface area contributed by atoms with Crippen molar-refractivity contribution in [2.24, 2.45) is 0 Å². The predicted octanol–water partition coefficient (Wildman–Crippen LogP) is 1.58. The summed E-state index contributed by atoms with van der Waals surface area (Å²) in [5.41, 5.74) is 2.45. The number of nitrogens with one attached hydrogen (secondary N) is 2. The van der Waals surface area contributed by atoms with E-state index >= 15 is 0 Å². The van der Waals surface area contributed by atoms with Crippen LogP contribution in [-0.4, -0.2) is 40.1 Å². The number of carbonyl (C=O) groups is 1. The molecule has 0 saturated carbocycles. The minimum absolute atomic E-state index is 0.0758. The molecule has 0 bridgehead atoms. The molecule has 7 heteroatoms. The van der Waals surface area contributed by atoms with Crippen molar-refractivity contribution in [3.8, 4) is 0 Å². The van der Waals surface area contributed by atoms with E-state index < -0.39 is 10.0 Å². The first-order valence-electron chi connectivity index (χ1n) is 8.25. The van der Waals surface area contributed by atoms with Gasteiger partial charge in [-0.3, -0.25) is 4.79 Å². The lowest BCUT2D eigenvalue weighted by atomic mass is 10.1. The van der Waals surface area contributed by atoms with Crippen LogP contribution in [0.4, 0.5) is 0 Å². The third-order valence-electron chi connectivity index (χ3n) is 4.07. The van der Waals surface area contributed by atoms with Gasteiger partial charge in [-0.25, -0.2) is 13.1 Å². The van der Waals surface area contributed by atoms with E-state index in [1.54, 1.807) is 13.8 Å². The van der Waals surface area contributed by atoms with E-state index in [9.17, 15) is 13.2 Å². The minimum Gasteiger partial charge on any atom is -0.376 e. The molecule has 1 aromatic carbocycles. The number of hydrogen-bond donors (Lipinski definition) is 2. The van der Waals surface area contributed by atoms with Crippen molar-refractivity contribution in [2.75, 3.05) is 19.7 Å². The molecule has 2 rings (SSSR count). The fourth-order valence-electron chi connectivity index (χ4n) is 3.08. The summed E-state index contributed by atoms with van der Waals surface area (Å²) in [4.78, 5) is 12.1. The molecule has 1 unspecified atom stereocenters. The maximum absolute atomic E-state index is 12.5. The van der Waals surface area contributed by atoms with E-state index in [0.717, 1.165) is 25.0 Å². The van der Waals surface area contributed by atoms with Crippen LogP contribution in [0.1, 0.15) is 36.0 Å². The maximum atomic E-state index is 12.5. The van der Waals surface area contributed by atoms with E-state index in [4.69, 9.17) is 4.74 Å². The summed E-state index contributed by atoms with van der Waals surface area (Å²) in [7, 11) is -3.62. The number of benzene rings is 1. The van der Waals surface area contributed by atoms with Crippen LogP contribution in [0.3, 0.4) is 0 Å². The van der Waals surface area contributed by atoms with Crippen molar-refractivity contribution in [2.45, 2.75) is 51.0 Å². The zero-order valence-electron chi connectivity index (χ0n) is 14.5. The Bertz CT molecular complexity index is 672. The predicted molar refractivity (Wildman–Crippen MR) is 92.4 cm³/mol. The van der Waals surface area contributed by atoms with Crippen LogP contribution < -0.4 is 10.0 Å². The number of aryl methyl sites for hydroxylation is 3. The van der Waals surface area contributed by atoms with Crippen molar-refractivity contribution < 1.29 is 17.9 Å². The molecule has 134 valence electrons. The van der Waals surface area contributed by atoms with E-state index in [2.05, 4.69) is 10.0 Å². The summed E-state index contributed by atoms with van der Waals surface area (Å²) in [6.07, 6.45) is 2.17. The number of rotatable bonds is 7. The zero-order valence-corrected chi connectivity index (χ0v) is 15.3. The van der Waals surface area contributed by atoms with Crippen LogP contribution in [0.15, 0.2) is 17.0 Å². The molecule has 0 aliphatic carbocycles. The van der Waals surface area contributed by atoms with Gasteiger partial charge in [-0.15, -0.1) is 0 Å². The highest BCUT2D eigenvalue weighted by atomic mass is 32.2. The second-order valence-corrected chi connectivity index (χ2v) is 8.02. The van der Waals surface area contributed by atoms with Gasteiger partial charge in [-0.05, 0) is 44.7 Å². The summed E-state index contributed by atoms with van der Waals surface area (Å²) in [5, 5.41) is 2.78. The molecule has 24 heavy (non-hydrogen) atoms. The quantitative estimate of drug-likeness (QED) is 0.778. The van der Waals surface area contributed by atoms with E-state index in [-0.39, 0.29) is 25.0 Å². The van der Waals surface area contributed by atoms with Gasteiger partial charge in [0.1, 0.15) is 0 Å². The van der Waals surface area contributed by atoms with Gasteiger partial charge >= 0.3 is 0 Å². The Morgan fingerprint density at radius 3 is 2.50 bits per heavy atom. The summed E-state index contributed by atoms with van der Waals surface area (Å²) in [5.74, 6) is -0.175. The van der Waals surface area contributed by atoms with Gasteiger partial charge in [0.25, 0.3) is 0 Å². The molecule has 6 nitrogen and oxygen atoms in total. The number of hydrogen-bond acceptors (Lipinski definition) is 4. The second kappa shape index (κ2) is 8.09. The first-order valence-corrected chi connectivity index (χ1v) is 9.74. The SMILES string of the molecule is Cc1cc(C)c(S(=O)(=O)NCCC(=O)NCC2CCCO2)c(C)c1. The molecule has 0 radical (unpaired) electrons. The summed E-state index contributed by atoms with van der Waals surface area (Å²) < 4.78 is 32.9. The molecule has 1 aliphatic heterocycles. The third-order valence-corrected chi connectivity index (χ3v) is 5.83. The first-order chi connectivity index (χ1) is 11.3. The Kier molecular flexibility index (Phi) is 6.37. The molecule has 1 saturated heterocycles. The van der Waals surface area contributed by atoms with Crippen LogP contribution >= 0.6 is 0 Å². The molecule has 1 amide bonds. The highest BCUT2D eigenvalue weighted by Crippen LogP contribution is 2.21. The molecular formula is C17H26N2O4S. The minimum atomic E-state index is -3.62. The standard InChI is InChI=1S/C17H26N2O4S/c1-12-9-13(2)17(14(3)10-12)24(21,22)19-7-6-16(20)18-11-15-5-4-8-23-15/h9-10,15,19H,4-8,11H2,1-3H3,(H,18,20). The molecule has 2 N–H and O–H groups in total. The third kappa shape index (κ3) is 5.03. The monoisotopic (exact) mass is 354 g/mol. The van der Waals surface area contributed by atoms with E-state index in [1.165, 1.54) is 0 Å². The van der Waals surface area contributed by atoms with Crippen LogP contribution in [0.5, 0.6) is 0 Å². The lowest BCUT2D eigenvalue weighted by molar-refractivity contribution is -0.121. The van der Waals surface area contributed by atoms with Gasteiger partial charge in [0.2, 0.25) is 15.9 Å². The number of carbonyl (C=O) groups excluding carboxylic acids is 1. The van der Waals surface area contributed by atoms with Crippen LogP contribution in [0.2, 0.25) is 0 Å². The lowest BCUT2D eigenvalue weighted by Gasteiger charge is -2.14. The average molecular weight is 354 g/mol. The molecule has 0 aromatic heterocycles. The number of ether oxygens (including phenoxy) is 1. The lowest BCUT2D eigenvalue weighted by Crippen LogP contribution is -2.35. The fraction of sp³-hybridized carbons (Fsp3) is 0.588. The topological polar surface area (TPSA) is 84.5 Å². The van der Waals surface area contributed by atoms with Gasteiger partial charge in [0.05, 0.1) is 11.0 Å². The van der Waals surface area contributed by atoms with Crippen molar-refractivity contribution >= 4 is 15.9 Å². The van der Waals surface area contributed by atoms with Crippen molar-refractivity contribution in [3.05, 3.63) is 28.8 Å². The highest BCUT2D eigenvalue weighted by Gasteiger charge is 2.20. The van der Waals surface area contributed by atoms with E-state index in [1.807, 2.05) is 19.1 Å². The van der Waals surface area contributed by atoms with Gasteiger partial charge in [-0.1, -0.05) is 17.7 Å². The van der Waals surface area contributed by atoms with Crippen molar-refractivity contribution in [1.82, 2.24) is 10.0 Å². The van der Waals surface area contributed by atoms with Crippen LogP contribution in [0.25, 0.3) is 0 Å². The first kappa shape index (κ1) is 18.9. The molecule has 0 spiro atoms. The molecule has 1 aliphatic rings. The van der Waals surface area contributed by atoms with Gasteiger partial charge in [-0.2, -0.15) is 0 Å². The Morgan fingerprint density at radius 2 is 1.92 bits per heavy atom. The Labute approximate surface area is 144 Å². The fourth-order valence-corrected chi connectivity index (χ4v) is 4.56. The van der Waals surface area contributed by atoms with Crippen molar-refractivity contribution in [1.29, 1.82) is 0 Å². The second-order valence-electron chi connectivity index (χ2n) is 6.31.